The van der Waals surface area contributed by atoms with Crippen molar-refractivity contribution in [1.82, 2.24) is 5.32 Å². The van der Waals surface area contributed by atoms with Crippen molar-refractivity contribution < 1.29 is 10.2 Å². The zero-order chi connectivity index (χ0) is 10.7. The summed E-state index contributed by atoms with van der Waals surface area (Å²) in [7, 11) is 1.71. The van der Waals surface area contributed by atoms with E-state index in [1.54, 1.807) is 13.1 Å². The maximum atomic E-state index is 9.59. The summed E-state index contributed by atoms with van der Waals surface area (Å²) < 4.78 is 0.695. The first-order chi connectivity index (χ1) is 6.60. The van der Waals surface area contributed by atoms with Crippen molar-refractivity contribution in [3.63, 3.8) is 0 Å². The lowest BCUT2D eigenvalue weighted by Gasteiger charge is -2.15. The van der Waals surface area contributed by atoms with Crippen molar-refractivity contribution in [2.75, 3.05) is 13.7 Å². The summed E-state index contributed by atoms with van der Waals surface area (Å²) in [6.45, 7) is -0.0852. The van der Waals surface area contributed by atoms with Crippen LogP contribution < -0.4 is 5.32 Å². The Labute approximate surface area is 95.8 Å². The Morgan fingerprint density at radius 1 is 1.57 bits per heavy atom. The number of phenolic OH excluding ortho intramolecular Hbond substituents is 1. The maximum absolute atomic E-state index is 9.59. The van der Waals surface area contributed by atoms with Crippen LogP contribution in [0, 0.1) is 0 Å². The highest BCUT2D eigenvalue weighted by molar-refractivity contribution is 9.10. The minimum Gasteiger partial charge on any atom is -0.508 e. The van der Waals surface area contributed by atoms with E-state index >= 15 is 0 Å². The highest BCUT2D eigenvalue weighted by atomic mass is 79.9. The number of hydrogen-bond acceptors (Lipinski definition) is 3. The lowest BCUT2D eigenvalue weighted by molar-refractivity contribution is 0.248. The molecule has 5 heteroatoms. The molecule has 0 bridgehead atoms. The highest BCUT2D eigenvalue weighted by Gasteiger charge is 2.14. The van der Waals surface area contributed by atoms with E-state index in [2.05, 4.69) is 21.2 Å². The number of aromatic hydroxyl groups is 1. The molecule has 3 nitrogen and oxygen atoms in total. The molecule has 0 saturated heterocycles. The van der Waals surface area contributed by atoms with Crippen LogP contribution in [0.5, 0.6) is 5.75 Å². The van der Waals surface area contributed by atoms with Crippen LogP contribution in [0.3, 0.4) is 0 Å². The fourth-order valence-electron chi connectivity index (χ4n) is 1.18. The number of nitrogens with one attached hydrogen (secondary N) is 1. The number of phenols is 1. The van der Waals surface area contributed by atoms with E-state index < -0.39 is 0 Å². The number of aliphatic hydroxyl groups excluding tert-OH is 1. The molecule has 0 radical (unpaired) electrons. The number of likely N-dealkylation sites (N-methyl/N-ethyl adjacent to an activating group) is 1. The van der Waals surface area contributed by atoms with Gasteiger partial charge in [0.1, 0.15) is 5.75 Å². The van der Waals surface area contributed by atoms with E-state index in [0.717, 1.165) is 0 Å². The van der Waals surface area contributed by atoms with Gasteiger partial charge in [-0.25, -0.2) is 0 Å². The second-order valence-electron chi connectivity index (χ2n) is 2.85. The van der Waals surface area contributed by atoms with Crippen molar-refractivity contribution in [3.8, 4) is 5.75 Å². The van der Waals surface area contributed by atoms with Crippen LogP contribution in [0.25, 0.3) is 0 Å². The van der Waals surface area contributed by atoms with Crippen LogP contribution >= 0.6 is 27.5 Å². The van der Waals surface area contributed by atoms with Crippen molar-refractivity contribution in [1.29, 1.82) is 0 Å². The second-order valence-corrected chi connectivity index (χ2v) is 4.11. The van der Waals surface area contributed by atoms with Crippen LogP contribution in [0.2, 0.25) is 5.02 Å². The topological polar surface area (TPSA) is 52.5 Å². The molecule has 1 rings (SSSR count). The van der Waals surface area contributed by atoms with Crippen molar-refractivity contribution in [2.45, 2.75) is 6.04 Å². The zero-order valence-corrected chi connectivity index (χ0v) is 9.93. The number of halogens is 2. The number of rotatable bonds is 3. The van der Waals surface area contributed by atoms with E-state index in [1.807, 2.05) is 0 Å². The smallest absolute Gasteiger partial charge is 0.122 e. The third-order valence-corrected chi connectivity index (χ3v) is 3.17. The van der Waals surface area contributed by atoms with Crippen molar-refractivity contribution in [3.05, 3.63) is 27.2 Å². The van der Waals surface area contributed by atoms with Gasteiger partial charge in [0.2, 0.25) is 0 Å². The molecule has 3 N–H and O–H groups in total. The van der Waals surface area contributed by atoms with Crippen LogP contribution in [-0.2, 0) is 0 Å². The Morgan fingerprint density at radius 2 is 2.21 bits per heavy atom. The van der Waals surface area contributed by atoms with E-state index in [1.165, 1.54) is 6.07 Å². The Balaban J connectivity index is 3.14. The summed E-state index contributed by atoms with van der Waals surface area (Å²) in [6.07, 6.45) is 0. The maximum Gasteiger partial charge on any atom is 0.122 e. The molecule has 1 aromatic rings. The van der Waals surface area contributed by atoms with Crippen LogP contribution in [0.15, 0.2) is 16.6 Å². The molecule has 0 aliphatic rings. The summed E-state index contributed by atoms with van der Waals surface area (Å²) in [5.41, 5.74) is 0.617. The van der Waals surface area contributed by atoms with E-state index in [4.69, 9.17) is 16.7 Å². The highest BCUT2D eigenvalue weighted by Crippen LogP contribution is 2.33. The summed E-state index contributed by atoms with van der Waals surface area (Å²) in [6, 6.07) is 2.85. The van der Waals surface area contributed by atoms with Crippen molar-refractivity contribution in [2.24, 2.45) is 0 Å². The monoisotopic (exact) mass is 279 g/mol. The minimum absolute atomic E-state index is 0.0756. The first-order valence-corrected chi connectivity index (χ1v) is 5.23. The zero-order valence-electron chi connectivity index (χ0n) is 7.59. The van der Waals surface area contributed by atoms with E-state index in [9.17, 15) is 5.11 Å². The predicted molar refractivity (Wildman–Crippen MR) is 59.7 cm³/mol. The molecule has 0 aliphatic carbocycles. The van der Waals surface area contributed by atoms with Gasteiger partial charge in [-0.1, -0.05) is 11.6 Å². The molecule has 0 amide bonds. The Hall–Kier alpha value is -0.290. The van der Waals surface area contributed by atoms with Gasteiger partial charge in [0.25, 0.3) is 0 Å². The average molecular weight is 281 g/mol. The van der Waals surface area contributed by atoms with E-state index in [-0.39, 0.29) is 18.4 Å². The first-order valence-electron chi connectivity index (χ1n) is 4.06. The Kier molecular flexibility index (Phi) is 4.19. The quantitative estimate of drug-likeness (QED) is 0.794. The van der Waals surface area contributed by atoms with Crippen molar-refractivity contribution >= 4 is 27.5 Å². The third-order valence-electron chi connectivity index (χ3n) is 1.98. The van der Waals surface area contributed by atoms with Gasteiger partial charge < -0.3 is 15.5 Å². The fraction of sp³-hybridized carbons (Fsp3) is 0.333. The summed E-state index contributed by atoms with van der Waals surface area (Å²) >= 11 is 9.04. The predicted octanol–water partition coefficient (Wildman–Crippen LogP) is 2.06. The van der Waals surface area contributed by atoms with E-state index in [0.29, 0.717) is 15.1 Å². The number of benzene rings is 1. The first kappa shape index (κ1) is 11.8. The SMILES string of the molecule is CNC(CO)c1cc(Br)c(Cl)cc1O. The number of aliphatic hydroxyl groups is 1. The van der Waals surface area contributed by atoms with Gasteiger partial charge in [0.15, 0.2) is 0 Å². The standard InChI is InChI=1S/C9H11BrClNO2/c1-12-8(4-13)5-2-6(10)7(11)3-9(5)14/h2-3,8,12-14H,4H2,1H3. The normalized spacial score (nSPS) is 12.9. The van der Waals surface area contributed by atoms with Gasteiger partial charge in [-0.05, 0) is 35.1 Å². The van der Waals surface area contributed by atoms with Gasteiger partial charge in [-0.15, -0.1) is 0 Å². The Morgan fingerprint density at radius 3 is 2.71 bits per heavy atom. The molecule has 0 heterocycles. The molecule has 0 saturated carbocycles. The van der Waals surface area contributed by atoms with Gasteiger partial charge in [-0.3, -0.25) is 0 Å². The summed E-state index contributed by atoms with van der Waals surface area (Å²) in [5, 5.41) is 22.0. The molecule has 14 heavy (non-hydrogen) atoms. The molecule has 78 valence electrons. The van der Waals surface area contributed by atoms with Crippen LogP contribution in [0.4, 0.5) is 0 Å². The fourth-order valence-corrected chi connectivity index (χ4v) is 1.69. The largest absolute Gasteiger partial charge is 0.508 e. The molecule has 0 fully saturated rings. The molecule has 0 aromatic heterocycles. The average Bonchev–Trinajstić information content (AvgIpc) is 2.15. The van der Waals surface area contributed by atoms with Gasteiger partial charge in [0.05, 0.1) is 17.7 Å². The van der Waals surface area contributed by atoms with Gasteiger partial charge in [0, 0.05) is 10.0 Å². The van der Waals surface area contributed by atoms with Crippen LogP contribution in [-0.4, -0.2) is 23.9 Å². The molecular weight excluding hydrogens is 269 g/mol. The number of hydrogen-bond donors (Lipinski definition) is 3. The molecule has 0 aliphatic heterocycles. The molecule has 1 aromatic carbocycles. The molecule has 1 atom stereocenters. The molecule has 1 unspecified atom stereocenters. The third kappa shape index (κ3) is 2.39. The summed E-state index contributed by atoms with van der Waals surface area (Å²) in [5.74, 6) is 0.0756. The molecule has 0 spiro atoms. The Bertz CT molecular complexity index is 329. The second kappa shape index (κ2) is 4.98. The lowest BCUT2D eigenvalue weighted by atomic mass is 10.1. The molecular formula is C9H11BrClNO2. The van der Waals surface area contributed by atoms with Crippen LogP contribution in [0.1, 0.15) is 11.6 Å². The van der Waals surface area contributed by atoms with Gasteiger partial charge in [-0.2, -0.15) is 0 Å². The van der Waals surface area contributed by atoms with Gasteiger partial charge >= 0.3 is 0 Å². The lowest BCUT2D eigenvalue weighted by Crippen LogP contribution is -2.20. The minimum atomic E-state index is -0.288. The summed E-state index contributed by atoms with van der Waals surface area (Å²) in [4.78, 5) is 0.